The van der Waals surface area contributed by atoms with E-state index >= 15 is 0 Å². The van der Waals surface area contributed by atoms with Gasteiger partial charge in [-0.2, -0.15) is 0 Å². The van der Waals surface area contributed by atoms with Crippen LogP contribution < -0.4 is 4.74 Å². The van der Waals surface area contributed by atoms with Crippen molar-refractivity contribution in [2.75, 3.05) is 6.61 Å². The van der Waals surface area contributed by atoms with Crippen molar-refractivity contribution in [2.45, 2.75) is 39.5 Å². The minimum absolute atomic E-state index is 0.389. The van der Waals surface area contributed by atoms with Crippen LogP contribution in [0.5, 0.6) is 5.75 Å². The van der Waals surface area contributed by atoms with Gasteiger partial charge in [-0.25, -0.2) is 0 Å². The van der Waals surface area contributed by atoms with Crippen molar-refractivity contribution in [1.29, 1.82) is 0 Å². The molecule has 0 spiro atoms. The van der Waals surface area contributed by atoms with Gasteiger partial charge in [0, 0.05) is 0 Å². The molecule has 0 radical (unpaired) electrons. The zero-order chi connectivity index (χ0) is 12.0. The van der Waals surface area contributed by atoms with E-state index < -0.39 is 0 Å². The van der Waals surface area contributed by atoms with Gasteiger partial charge in [-0.1, -0.05) is 39.0 Å². The Kier molecular flexibility index (Phi) is 5.10. The lowest BCUT2D eigenvalue weighted by molar-refractivity contribution is 0.314. The van der Waals surface area contributed by atoms with Gasteiger partial charge in [0.2, 0.25) is 0 Å². The highest BCUT2D eigenvalue weighted by Gasteiger charge is 2.11. The molecule has 1 rings (SSSR count). The molecule has 0 aromatic heterocycles. The Morgan fingerprint density at radius 1 is 1.38 bits per heavy atom. The van der Waals surface area contributed by atoms with Crippen LogP contribution in [0.4, 0.5) is 0 Å². The van der Waals surface area contributed by atoms with Crippen LogP contribution in [0.25, 0.3) is 0 Å². The predicted octanol–water partition coefficient (Wildman–Crippen LogP) is 4.33. The van der Waals surface area contributed by atoms with Crippen LogP contribution in [-0.2, 0) is 6.42 Å². The maximum Gasteiger partial charge on any atom is 0.122 e. The van der Waals surface area contributed by atoms with Crippen molar-refractivity contribution in [3.05, 3.63) is 42.0 Å². The molecule has 1 heteroatoms. The molecule has 0 aliphatic carbocycles. The lowest BCUT2D eigenvalue weighted by Crippen LogP contribution is -2.02. The zero-order valence-corrected chi connectivity index (χ0v) is 10.6. The first kappa shape index (κ1) is 12.8. The molecule has 0 saturated carbocycles. The van der Waals surface area contributed by atoms with Crippen LogP contribution in [-0.4, -0.2) is 6.61 Å². The summed E-state index contributed by atoms with van der Waals surface area (Å²) in [7, 11) is 0. The maximum atomic E-state index is 5.78. The Labute approximate surface area is 99.1 Å². The van der Waals surface area contributed by atoms with Crippen molar-refractivity contribution in [1.82, 2.24) is 0 Å². The van der Waals surface area contributed by atoms with Gasteiger partial charge in [0.25, 0.3) is 0 Å². The molecule has 16 heavy (non-hydrogen) atoms. The van der Waals surface area contributed by atoms with Gasteiger partial charge in [0.1, 0.15) is 5.75 Å². The first-order valence-electron chi connectivity index (χ1n) is 6.11. The fraction of sp³-hybridized carbons (Fsp3) is 0.467. The summed E-state index contributed by atoms with van der Waals surface area (Å²) in [5, 5.41) is 0. The standard InChI is InChI=1S/C15H22O/c1-5-11-16-15-10-8-9-14(12(4)6-2)13(15)7-3/h6,8-10,12H,2,5,7,11H2,1,3-4H3. The quantitative estimate of drug-likeness (QED) is 0.646. The van der Waals surface area contributed by atoms with Crippen LogP contribution in [0.3, 0.4) is 0 Å². The van der Waals surface area contributed by atoms with E-state index in [-0.39, 0.29) is 0 Å². The van der Waals surface area contributed by atoms with E-state index in [2.05, 4.69) is 45.5 Å². The van der Waals surface area contributed by atoms with Gasteiger partial charge in [-0.3, -0.25) is 0 Å². The lowest BCUT2D eigenvalue weighted by Gasteiger charge is -2.16. The van der Waals surface area contributed by atoms with E-state index in [1.54, 1.807) is 0 Å². The smallest absolute Gasteiger partial charge is 0.122 e. The van der Waals surface area contributed by atoms with Crippen molar-refractivity contribution in [3.63, 3.8) is 0 Å². The lowest BCUT2D eigenvalue weighted by atomic mass is 9.94. The molecule has 1 atom stereocenters. The summed E-state index contributed by atoms with van der Waals surface area (Å²) in [4.78, 5) is 0. The molecular formula is C15H22O. The molecule has 88 valence electrons. The Balaban J connectivity index is 3.04. The van der Waals surface area contributed by atoms with Gasteiger partial charge in [-0.05, 0) is 36.0 Å². The summed E-state index contributed by atoms with van der Waals surface area (Å²) in [6.45, 7) is 11.1. The van der Waals surface area contributed by atoms with E-state index in [9.17, 15) is 0 Å². The topological polar surface area (TPSA) is 9.23 Å². The summed E-state index contributed by atoms with van der Waals surface area (Å²) in [5.74, 6) is 1.43. The predicted molar refractivity (Wildman–Crippen MR) is 70.2 cm³/mol. The number of ether oxygens (including phenoxy) is 1. The van der Waals surface area contributed by atoms with Crippen LogP contribution in [0.1, 0.15) is 44.2 Å². The number of rotatable bonds is 6. The minimum Gasteiger partial charge on any atom is -0.493 e. The molecule has 1 nitrogen and oxygen atoms in total. The Hall–Kier alpha value is -1.24. The Morgan fingerprint density at radius 2 is 2.12 bits per heavy atom. The molecular weight excluding hydrogens is 196 g/mol. The maximum absolute atomic E-state index is 5.78. The summed E-state index contributed by atoms with van der Waals surface area (Å²) in [5.41, 5.74) is 2.66. The average Bonchev–Trinajstić information content (AvgIpc) is 2.34. The zero-order valence-electron chi connectivity index (χ0n) is 10.6. The Bertz CT molecular complexity index is 341. The second kappa shape index (κ2) is 6.37. The second-order valence-electron chi connectivity index (χ2n) is 4.05. The van der Waals surface area contributed by atoms with Crippen LogP contribution in [0, 0.1) is 0 Å². The molecule has 0 N–H and O–H groups in total. The average molecular weight is 218 g/mol. The van der Waals surface area contributed by atoms with Crippen molar-refractivity contribution in [2.24, 2.45) is 0 Å². The second-order valence-corrected chi connectivity index (χ2v) is 4.05. The van der Waals surface area contributed by atoms with Gasteiger partial charge in [-0.15, -0.1) is 6.58 Å². The largest absolute Gasteiger partial charge is 0.493 e. The van der Waals surface area contributed by atoms with E-state index in [1.165, 1.54) is 11.1 Å². The number of benzene rings is 1. The van der Waals surface area contributed by atoms with Crippen molar-refractivity contribution in [3.8, 4) is 5.75 Å². The number of hydrogen-bond acceptors (Lipinski definition) is 1. The first-order valence-corrected chi connectivity index (χ1v) is 6.11. The highest BCUT2D eigenvalue weighted by Crippen LogP contribution is 2.29. The third-order valence-corrected chi connectivity index (χ3v) is 2.83. The minimum atomic E-state index is 0.389. The van der Waals surface area contributed by atoms with Gasteiger partial charge in [0.05, 0.1) is 6.61 Å². The van der Waals surface area contributed by atoms with Gasteiger partial charge < -0.3 is 4.74 Å². The van der Waals surface area contributed by atoms with Gasteiger partial charge in [0.15, 0.2) is 0 Å². The molecule has 1 unspecified atom stereocenters. The first-order chi connectivity index (χ1) is 7.74. The number of hydrogen-bond donors (Lipinski definition) is 0. The van der Waals surface area contributed by atoms with E-state index in [1.807, 2.05) is 6.08 Å². The van der Waals surface area contributed by atoms with Gasteiger partial charge >= 0.3 is 0 Å². The molecule has 0 bridgehead atoms. The molecule has 0 fully saturated rings. The fourth-order valence-electron chi connectivity index (χ4n) is 1.86. The van der Waals surface area contributed by atoms with Crippen molar-refractivity contribution < 1.29 is 4.74 Å². The third-order valence-electron chi connectivity index (χ3n) is 2.83. The van der Waals surface area contributed by atoms with E-state index in [0.717, 1.165) is 25.2 Å². The normalized spacial score (nSPS) is 12.2. The molecule has 0 heterocycles. The molecule has 0 aliphatic rings. The molecule has 0 aliphatic heterocycles. The van der Waals surface area contributed by atoms with Crippen LogP contribution >= 0.6 is 0 Å². The highest BCUT2D eigenvalue weighted by molar-refractivity contribution is 5.43. The monoisotopic (exact) mass is 218 g/mol. The highest BCUT2D eigenvalue weighted by atomic mass is 16.5. The summed E-state index contributed by atoms with van der Waals surface area (Å²) in [6, 6.07) is 6.30. The van der Waals surface area contributed by atoms with E-state index in [0.29, 0.717) is 5.92 Å². The summed E-state index contributed by atoms with van der Waals surface area (Å²) >= 11 is 0. The van der Waals surface area contributed by atoms with Crippen molar-refractivity contribution >= 4 is 0 Å². The summed E-state index contributed by atoms with van der Waals surface area (Å²) < 4.78 is 5.78. The Morgan fingerprint density at radius 3 is 2.69 bits per heavy atom. The molecule has 0 saturated heterocycles. The van der Waals surface area contributed by atoms with E-state index in [4.69, 9.17) is 4.74 Å². The summed E-state index contributed by atoms with van der Waals surface area (Å²) in [6.07, 6.45) is 4.04. The number of allylic oxidation sites excluding steroid dienone is 1. The fourth-order valence-corrected chi connectivity index (χ4v) is 1.86. The SMILES string of the molecule is C=CC(C)c1cccc(OCCC)c1CC. The van der Waals surface area contributed by atoms with Crippen LogP contribution in [0.15, 0.2) is 30.9 Å². The molecule has 1 aromatic carbocycles. The molecule has 0 amide bonds. The van der Waals surface area contributed by atoms with Crippen LogP contribution in [0.2, 0.25) is 0 Å². The third kappa shape index (κ3) is 2.88. The molecule has 1 aromatic rings.